The molecule has 0 aliphatic rings. The second-order valence-corrected chi connectivity index (χ2v) is 5.35. The summed E-state index contributed by atoms with van der Waals surface area (Å²) in [5, 5.41) is 6.18. The van der Waals surface area contributed by atoms with E-state index in [4.69, 9.17) is 0 Å². The van der Waals surface area contributed by atoms with Crippen molar-refractivity contribution in [3.63, 3.8) is 0 Å². The number of unbranched alkanes of at least 4 members (excludes halogenated alkanes) is 1. The lowest BCUT2D eigenvalue weighted by molar-refractivity contribution is -0.135. The number of halogens is 3. The highest BCUT2D eigenvalue weighted by molar-refractivity contribution is 5.79. The number of alkyl halides is 3. The van der Waals surface area contributed by atoms with E-state index in [1.54, 1.807) is 0 Å². The zero-order valence-corrected chi connectivity index (χ0v) is 13.6. The third-order valence-electron chi connectivity index (χ3n) is 3.26. The minimum atomic E-state index is -4.06. The van der Waals surface area contributed by atoms with E-state index < -0.39 is 12.6 Å². The standard InChI is InChI=1S/C17H26F3N3/c1-2-21-16(22-13-7-6-12-17(18,19)20)23-14-8-11-15-9-4-3-5-10-15/h3-5,9-10H,2,6-8,11-14H2,1H3,(H2,21,22,23). The van der Waals surface area contributed by atoms with Gasteiger partial charge in [-0.05, 0) is 38.2 Å². The first kappa shape index (κ1) is 19.3. The zero-order chi connectivity index (χ0) is 17.0. The van der Waals surface area contributed by atoms with Gasteiger partial charge in [-0.2, -0.15) is 13.2 Å². The topological polar surface area (TPSA) is 36.4 Å². The van der Waals surface area contributed by atoms with Crippen molar-refractivity contribution < 1.29 is 13.2 Å². The van der Waals surface area contributed by atoms with Crippen molar-refractivity contribution in [1.29, 1.82) is 0 Å². The number of benzene rings is 1. The van der Waals surface area contributed by atoms with Crippen LogP contribution in [0.3, 0.4) is 0 Å². The lowest BCUT2D eigenvalue weighted by Crippen LogP contribution is -2.38. The highest BCUT2D eigenvalue weighted by Crippen LogP contribution is 2.21. The molecular formula is C17H26F3N3. The number of rotatable bonds is 9. The van der Waals surface area contributed by atoms with Gasteiger partial charge in [0.2, 0.25) is 0 Å². The van der Waals surface area contributed by atoms with E-state index >= 15 is 0 Å². The molecule has 1 aromatic carbocycles. The Labute approximate surface area is 136 Å². The number of guanidine groups is 1. The third kappa shape index (κ3) is 10.6. The van der Waals surface area contributed by atoms with E-state index in [2.05, 4.69) is 27.8 Å². The largest absolute Gasteiger partial charge is 0.389 e. The Morgan fingerprint density at radius 1 is 1.04 bits per heavy atom. The smallest absolute Gasteiger partial charge is 0.357 e. The number of nitrogens with zero attached hydrogens (tertiary/aromatic N) is 1. The average Bonchev–Trinajstić information content (AvgIpc) is 2.51. The summed E-state index contributed by atoms with van der Waals surface area (Å²) in [4.78, 5) is 4.45. The first-order chi connectivity index (χ1) is 11.0. The van der Waals surface area contributed by atoms with Crippen molar-refractivity contribution in [2.45, 2.75) is 45.2 Å². The molecule has 0 atom stereocenters. The number of hydrogen-bond acceptors (Lipinski definition) is 1. The second-order valence-electron chi connectivity index (χ2n) is 5.35. The van der Waals surface area contributed by atoms with E-state index in [0.717, 1.165) is 19.4 Å². The van der Waals surface area contributed by atoms with Crippen LogP contribution >= 0.6 is 0 Å². The van der Waals surface area contributed by atoms with Gasteiger partial charge in [-0.1, -0.05) is 30.3 Å². The molecule has 6 heteroatoms. The van der Waals surface area contributed by atoms with Crippen molar-refractivity contribution in [2.24, 2.45) is 4.99 Å². The van der Waals surface area contributed by atoms with Gasteiger partial charge >= 0.3 is 6.18 Å². The fraction of sp³-hybridized carbons (Fsp3) is 0.588. The molecule has 3 nitrogen and oxygen atoms in total. The van der Waals surface area contributed by atoms with E-state index in [1.165, 1.54) is 5.56 Å². The summed E-state index contributed by atoms with van der Waals surface area (Å²) in [5.41, 5.74) is 1.29. The lowest BCUT2D eigenvalue weighted by Gasteiger charge is -2.11. The molecule has 0 heterocycles. The first-order valence-electron chi connectivity index (χ1n) is 8.14. The summed E-state index contributed by atoms with van der Waals surface area (Å²) in [7, 11) is 0. The fourth-order valence-electron chi connectivity index (χ4n) is 2.12. The molecule has 0 saturated carbocycles. The Morgan fingerprint density at radius 2 is 1.78 bits per heavy atom. The Morgan fingerprint density at radius 3 is 2.43 bits per heavy atom. The molecule has 0 amide bonds. The SMILES string of the molecule is CCNC(=NCCCc1ccccc1)NCCCCC(F)(F)F. The zero-order valence-electron chi connectivity index (χ0n) is 13.6. The second kappa shape index (κ2) is 10.9. The van der Waals surface area contributed by atoms with Gasteiger partial charge in [0.15, 0.2) is 5.96 Å². The molecule has 0 aliphatic carbocycles. The molecule has 130 valence electrons. The minimum absolute atomic E-state index is 0.143. The lowest BCUT2D eigenvalue weighted by atomic mass is 10.1. The van der Waals surface area contributed by atoms with E-state index in [9.17, 15) is 13.2 Å². The van der Waals surface area contributed by atoms with Gasteiger partial charge in [-0.3, -0.25) is 4.99 Å². The summed E-state index contributed by atoms with van der Waals surface area (Å²) in [5.74, 6) is 0.674. The molecule has 0 saturated heterocycles. The highest BCUT2D eigenvalue weighted by atomic mass is 19.4. The number of hydrogen-bond donors (Lipinski definition) is 2. The van der Waals surface area contributed by atoms with Crippen molar-refractivity contribution in [3.8, 4) is 0 Å². The van der Waals surface area contributed by atoms with Crippen LogP contribution in [0.4, 0.5) is 13.2 Å². The first-order valence-corrected chi connectivity index (χ1v) is 8.14. The molecule has 0 radical (unpaired) electrons. The minimum Gasteiger partial charge on any atom is -0.357 e. The van der Waals surface area contributed by atoms with Crippen LogP contribution in [0.1, 0.15) is 38.2 Å². The summed E-state index contributed by atoms with van der Waals surface area (Å²) in [6, 6.07) is 10.2. The molecule has 2 N–H and O–H groups in total. The predicted octanol–water partition coefficient (Wildman–Crippen LogP) is 3.91. The van der Waals surface area contributed by atoms with Gasteiger partial charge in [0.25, 0.3) is 0 Å². The molecule has 0 spiro atoms. The number of nitrogens with one attached hydrogen (secondary N) is 2. The normalized spacial score (nSPS) is 12.3. The molecule has 0 aliphatic heterocycles. The molecule has 1 aromatic rings. The Bertz CT molecular complexity index is 444. The number of aryl methyl sites for hydroxylation is 1. The molecule has 23 heavy (non-hydrogen) atoms. The van der Waals surface area contributed by atoms with Crippen molar-refractivity contribution in [2.75, 3.05) is 19.6 Å². The monoisotopic (exact) mass is 329 g/mol. The number of aliphatic imine (C=N–C) groups is 1. The molecule has 0 fully saturated rings. The highest BCUT2D eigenvalue weighted by Gasteiger charge is 2.25. The van der Waals surface area contributed by atoms with Gasteiger partial charge in [-0.15, -0.1) is 0 Å². The molecule has 0 aromatic heterocycles. The Hall–Kier alpha value is -1.72. The Kier molecular flexibility index (Phi) is 9.17. The van der Waals surface area contributed by atoms with E-state index in [1.807, 2.05) is 25.1 Å². The maximum atomic E-state index is 12.1. The van der Waals surface area contributed by atoms with Gasteiger partial charge in [0.05, 0.1) is 0 Å². The van der Waals surface area contributed by atoms with Crippen LogP contribution < -0.4 is 10.6 Å². The van der Waals surface area contributed by atoms with Crippen molar-refractivity contribution in [1.82, 2.24) is 10.6 Å². The third-order valence-corrected chi connectivity index (χ3v) is 3.26. The maximum absolute atomic E-state index is 12.1. The summed E-state index contributed by atoms with van der Waals surface area (Å²) in [6.07, 6.45) is -2.25. The average molecular weight is 329 g/mol. The van der Waals surface area contributed by atoms with Crippen molar-refractivity contribution >= 4 is 5.96 Å². The van der Waals surface area contributed by atoms with Crippen LogP contribution in [-0.4, -0.2) is 31.8 Å². The Balaban J connectivity index is 2.22. The van der Waals surface area contributed by atoms with Crippen molar-refractivity contribution in [3.05, 3.63) is 35.9 Å². The van der Waals surface area contributed by atoms with Crippen LogP contribution in [0.2, 0.25) is 0 Å². The molecule has 1 rings (SSSR count). The van der Waals surface area contributed by atoms with Crippen LogP contribution in [0.25, 0.3) is 0 Å². The predicted molar refractivity (Wildman–Crippen MR) is 88.7 cm³/mol. The van der Waals surface area contributed by atoms with Gasteiger partial charge < -0.3 is 10.6 Å². The van der Waals surface area contributed by atoms with Gasteiger partial charge in [0.1, 0.15) is 0 Å². The van der Waals surface area contributed by atoms with Crippen LogP contribution in [-0.2, 0) is 6.42 Å². The van der Waals surface area contributed by atoms with Crippen LogP contribution in [0.15, 0.2) is 35.3 Å². The summed E-state index contributed by atoms with van der Waals surface area (Å²) >= 11 is 0. The van der Waals surface area contributed by atoms with Gasteiger partial charge in [-0.25, -0.2) is 0 Å². The summed E-state index contributed by atoms with van der Waals surface area (Å²) < 4.78 is 36.2. The van der Waals surface area contributed by atoms with E-state index in [-0.39, 0.29) is 6.42 Å². The molecular weight excluding hydrogens is 303 g/mol. The fourth-order valence-corrected chi connectivity index (χ4v) is 2.12. The quantitative estimate of drug-likeness (QED) is 0.409. The summed E-state index contributed by atoms with van der Waals surface area (Å²) in [6.45, 7) is 3.88. The van der Waals surface area contributed by atoms with Crippen LogP contribution in [0.5, 0.6) is 0 Å². The molecule has 0 bridgehead atoms. The maximum Gasteiger partial charge on any atom is 0.389 e. The van der Waals surface area contributed by atoms with E-state index in [0.29, 0.717) is 25.5 Å². The van der Waals surface area contributed by atoms with Gasteiger partial charge in [0, 0.05) is 26.1 Å². The molecule has 0 unspecified atom stereocenters. The van der Waals surface area contributed by atoms with Crippen LogP contribution in [0, 0.1) is 0 Å².